The van der Waals surface area contributed by atoms with Crippen LogP contribution in [-0.2, 0) is 23.7 Å². The molecular weight excluding hydrogens is 278 g/mol. The van der Waals surface area contributed by atoms with E-state index < -0.39 is 10.0 Å². The van der Waals surface area contributed by atoms with Crippen molar-refractivity contribution in [2.75, 3.05) is 26.7 Å². The Morgan fingerprint density at radius 1 is 1.35 bits per heavy atom. The van der Waals surface area contributed by atoms with Crippen molar-refractivity contribution in [2.24, 2.45) is 7.05 Å². The van der Waals surface area contributed by atoms with Crippen molar-refractivity contribution in [1.29, 1.82) is 0 Å². The molecule has 0 saturated carbocycles. The zero-order chi connectivity index (χ0) is 14.9. The average molecular weight is 301 g/mol. The van der Waals surface area contributed by atoms with Gasteiger partial charge in [0.1, 0.15) is 4.90 Å². The minimum absolute atomic E-state index is 0.160. The third kappa shape index (κ3) is 2.76. The first-order valence-corrected chi connectivity index (χ1v) is 8.30. The summed E-state index contributed by atoms with van der Waals surface area (Å²) < 4.78 is 28.5. The van der Waals surface area contributed by atoms with Crippen LogP contribution in [0.15, 0.2) is 17.2 Å². The van der Waals surface area contributed by atoms with Gasteiger partial charge in [0.2, 0.25) is 10.0 Å². The first kappa shape index (κ1) is 15.5. The molecule has 1 saturated heterocycles. The zero-order valence-electron chi connectivity index (χ0n) is 12.3. The zero-order valence-corrected chi connectivity index (χ0v) is 13.1. The molecule has 1 atom stereocenters. The summed E-state index contributed by atoms with van der Waals surface area (Å²) in [5.74, 6) is 0. The first-order chi connectivity index (χ1) is 9.40. The smallest absolute Gasteiger partial charge is 0.244 e. The lowest BCUT2D eigenvalue weighted by atomic mass is 10.1. The average Bonchev–Trinajstić information content (AvgIpc) is 2.81. The second-order valence-corrected chi connectivity index (χ2v) is 7.28. The van der Waals surface area contributed by atoms with Gasteiger partial charge in [0.25, 0.3) is 0 Å². The SMILES string of the molecule is CCC1CN(S(=O)(=O)c2cc(CO)n(C)c2)CCN1C. The molecule has 114 valence electrons. The predicted molar refractivity (Wildman–Crippen MR) is 76.8 cm³/mol. The highest BCUT2D eigenvalue weighted by Gasteiger charge is 2.32. The molecule has 7 heteroatoms. The maximum atomic E-state index is 12.6. The van der Waals surface area contributed by atoms with Crippen LogP contribution in [0.3, 0.4) is 0 Å². The number of aromatic nitrogens is 1. The standard InChI is InChI=1S/C13H23N3O3S/c1-4-11-8-16(6-5-14(11)2)20(18,19)13-7-12(10-17)15(3)9-13/h7,9,11,17H,4-6,8,10H2,1-3H3. The van der Waals surface area contributed by atoms with Gasteiger partial charge < -0.3 is 14.6 Å². The number of aryl methyl sites for hydroxylation is 1. The fourth-order valence-corrected chi connectivity index (χ4v) is 4.17. The van der Waals surface area contributed by atoms with Gasteiger partial charge in [-0.1, -0.05) is 6.92 Å². The van der Waals surface area contributed by atoms with Crippen molar-refractivity contribution < 1.29 is 13.5 Å². The molecule has 0 spiro atoms. The molecule has 0 aromatic carbocycles. The fraction of sp³-hybridized carbons (Fsp3) is 0.692. The van der Waals surface area contributed by atoms with Crippen molar-refractivity contribution in [3.8, 4) is 0 Å². The molecule has 1 aliphatic heterocycles. The Hall–Kier alpha value is -0.890. The number of hydrogen-bond donors (Lipinski definition) is 1. The minimum Gasteiger partial charge on any atom is -0.390 e. The number of piperazine rings is 1. The summed E-state index contributed by atoms with van der Waals surface area (Å²) in [4.78, 5) is 2.47. The summed E-state index contributed by atoms with van der Waals surface area (Å²) >= 11 is 0. The van der Waals surface area contributed by atoms with Gasteiger partial charge in [0.05, 0.1) is 6.61 Å². The van der Waals surface area contributed by atoms with Gasteiger partial charge in [-0.05, 0) is 19.5 Å². The Morgan fingerprint density at radius 3 is 2.60 bits per heavy atom. The maximum Gasteiger partial charge on any atom is 0.244 e. The van der Waals surface area contributed by atoms with Gasteiger partial charge in [-0.15, -0.1) is 0 Å². The van der Waals surface area contributed by atoms with Gasteiger partial charge >= 0.3 is 0 Å². The molecule has 2 rings (SSSR count). The normalized spacial score (nSPS) is 22.3. The number of aliphatic hydroxyl groups excluding tert-OH is 1. The largest absolute Gasteiger partial charge is 0.390 e. The van der Waals surface area contributed by atoms with Crippen LogP contribution in [0, 0.1) is 0 Å². The summed E-state index contributed by atoms with van der Waals surface area (Å²) in [6.45, 7) is 3.70. The van der Waals surface area contributed by atoms with E-state index in [9.17, 15) is 13.5 Å². The molecule has 0 amide bonds. The fourth-order valence-electron chi connectivity index (χ4n) is 2.60. The number of rotatable bonds is 4. The quantitative estimate of drug-likeness (QED) is 0.865. The van der Waals surface area contributed by atoms with Gasteiger partial charge in [0.15, 0.2) is 0 Å². The van der Waals surface area contributed by atoms with Crippen LogP contribution in [0.2, 0.25) is 0 Å². The molecule has 0 bridgehead atoms. The van der Waals surface area contributed by atoms with Gasteiger partial charge in [-0.25, -0.2) is 8.42 Å². The summed E-state index contributed by atoms with van der Waals surface area (Å²) in [7, 11) is 0.306. The van der Waals surface area contributed by atoms with Crippen LogP contribution in [0.4, 0.5) is 0 Å². The molecule has 1 N–H and O–H groups in total. The highest BCUT2D eigenvalue weighted by atomic mass is 32.2. The third-order valence-corrected chi connectivity index (χ3v) is 5.92. The lowest BCUT2D eigenvalue weighted by Gasteiger charge is -2.38. The first-order valence-electron chi connectivity index (χ1n) is 6.86. The van der Waals surface area contributed by atoms with Crippen LogP contribution in [-0.4, -0.2) is 60.0 Å². The van der Waals surface area contributed by atoms with Gasteiger partial charge in [-0.2, -0.15) is 4.31 Å². The van der Waals surface area contributed by atoms with E-state index in [-0.39, 0.29) is 17.5 Å². The van der Waals surface area contributed by atoms with Gasteiger partial charge in [-0.3, -0.25) is 0 Å². The molecule has 1 unspecified atom stereocenters. The second kappa shape index (κ2) is 5.85. The van der Waals surface area contributed by atoms with E-state index in [1.165, 1.54) is 0 Å². The van der Waals surface area contributed by atoms with Crippen LogP contribution in [0.1, 0.15) is 19.0 Å². The van der Waals surface area contributed by atoms with Gasteiger partial charge in [0, 0.05) is 44.6 Å². The number of hydrogen-bond acceptors (Lipinski definition) is 4. The molecule has 0 aliphatic carbocycles. The molecule has 20 heavy (non-hydrogen) atoms. The predicted octanol–water partition coefficient (Wildman–Crippen LogP) is 0.232. The van der Waals surface area contributed by atoms with Crippen molar-refractivity contribution >= 4 is 10.0 Å². The Labute approximate surface area is 120 Å². The van der Waals surface area contributed by atoms with E-state index in [4.69, 9.17) is 0 Å². The second-order valence-electron chi connectivity index (χ2n) is 5.34. The van der Waals surface area contributed by atoms with Crippen molar-refractivity contribution in [3.63, 3.8) is 0 Å². The molecule has 1 aromatic heterocycles. The van der Waals surface area contributed by atoms with Crippen LogP contribution < -0.4 is 0 Å². The molecule has 1 fully saturated rings. The molecule has 2 heterocycles. The van der Waals surface area contributed by atoms with Crippen LogP contribution in [0.5, 0.6) is 0 Å². The van der Waals surface area contributed by atoms with Crippen molar-refractivity contribution in [2.45, 2.75) is 30.9 Å². The third-order valence-electron chi connectivity index (χ3n) is 4.09. The van der Waals surface area contributed by atoms with E-state index >= 15 is 0 Å². The lowest BCUT2D eigenvalue weighted by molar-refractivity contribution is 0.144. The monoisotopic (exact) mass is 301 g/mol. The molecule has 1 aromatic rings. The van der Waals surface area contributed by atoms with E-state index in [1.807, 2.05) is 7.05 Å². The maximum absolute atomic E-state index is 12.6. The number of sulfonamides is 1. The summed E-state index contributed by atoms with van der Waals surface area (Å²) in [6, 6.07) is 1.81. The Bertz CT molecular complexity index is 567. The minimum atomic E-state index is -3.47. The molecular formula is C13H23N3O3S. The number of likely N-dealkylation sites (N-methyl/N-ethyl adjacent to an activating group) is 1. The molecule has 6 nitrogen and oxygen atoms in total. The van der Waals surface area contributed by atoms with E-state index in [0.717, 1.165) is 13.0 Å². The molecule has 0 radical (unpaired) electrons. The van der Waals surface area contributed by atoms with Crippen LogP contribution in [0.25, 0.3) is 0 Å². The van der Waals surface area contributed by atoms with E-state index in [1.54, 1.807) is 28.2 Å². The highest BCUT2D eigenvalue weighted by Crippen LogP contribution is 2.22. The molecule has 1 aliphatic rings. The Balaban J connectivity index is 2.25. The summed E-state index contributed by atoms with van der Waals surface area (Å²) in [5.41, 5.74) is 0.602. The summed E-state index contributed by atoms with van der Waals surface area (Å²) in [5, 5.41) is 9.19. The van der Waals surface area contributed by atoms with E-state index in [0.29, 0.717) is 18.8 Å². The number of aliphatic hydroxyl groups is 1. The van der Waals surface area contributed by atoms with Crippen molar-refractivity contribution in [3.05, 3.63) is 18.0 Å². The Kier molecular flexibility index (Phi) is 4.53. The van der Waals surface area contributed by atoms with E-state index in [2.05, 4.69) is 11.8 Å². The lowest BCUT2D eigenvalue weighted by Crippen LogP contribution is -2.52. The van der Waals surface area contributed by atoms with Crippen molar-refractivity contribution in [1.82, 2.24) is 13.8 Å². The number of nitrogens with zero attached hydrogens (tertiary/aromatic N) is 3. The topological polar surface area (TPSA) is 65.8 Å². The van der Waals surface area contributed by atoms with Crippen LogP contribution >= 0.6 is 0 Å². The summed E-state index contributed by atoms with van der Waals surface area (Å²) in [6.07, 6.45) is 2.50. The Morgan fingerprint density at radius 2 is 2.05 bits per heavy atom. The highest BCUT2D eigenvalue weighted by molar-refractivity contribution is 7.89.